The molecule has 1 heterocycles. The van der Waals surface area contributed by atoms with E-state index in [1.807, 2.05) is 0 Å². The predicted octanol–water partition coefficient (Wildman–Crippen LogP) is 5.45. The van der Waals surface area contributed by atoms with Gasteiger partial charge in [0.2, 0.25) is 0 Å². The number of fused-ring (bicyclic) bond motifs is 3. The van der Waals surface area contributed by atoms with Gasteiger partial charge in [-0.3, -0.25) is 0 Å². The zero-order valence-electron chi connectivity index (χ0n) is 14.0. The van der Waals surface area contributed by atoms with Crippen LogP contribution in [0.15, 0.2) is 66.7 Å². The lowest BCUT2D eigenvalue weighted by molar-refractivity contribution is 0.0186. The lowest BCUT2D eigenvalue weighted by Gasteiger charge is -2.32. The van der Waals surface area contributed by atoms with Gasteiger partial charge in [0.25, 0.3) is 0 Å². The molecule has 1 fully saturated rings. The van der Waals surface area contributed by atoms with Gasteiger partial charge in [-0.15, -0.1) is 0 Å². The highest BCUT2D eigenvalue weighted by Gasteiger charge is 2.49. The molecule has 24 heavy (non-hydrogen) atoms. The van der Waals surface area contributed by atoms with E-state index in [-0.39, 0.29) is 18.4 Å². The van der Waals surface area contributed by atoms with Crippen LogP contribution in [0.5, 0.6) is 0 Å². The van der Waals surface area contributed by atoms with Crippen LogP contribution in [0.3, 0.4) is 0 Å². The molecule has 2 nitrogen and oxygen atoms in total. The molecule has 0 bridgehead atoms. The molecular weight excluding hydrogens is 294 g/mol. The molecule has 5 rings (SSSR count). The monoisotopic (exact) mass is 315 g/mol. The van der Waals surface area contributed by atoms with Gasteiger partial charge in [0.15, 0.2) is 0 Å². The van der Waals surface area contributed by atoms with Crippen molar-refractivity contribution in [2.45, 2.75) is 32.2 Å². The molecule has 0 amide bonds. The SMILES string of the molecule is CC(C)[C@H]1O[C@@H]2c3cccc4cccc(c34)[C@@H]2N1c1ccccc1. The molecule has 0 radical (unpaired) electrons. The number of hydrogen-bond acceptors (Lipinski definition) is 2. The molecule has 0 N–H and O–H groups in total. The third-order valence-electron chi connectivity index (χ3n) is 5.37. The largest absolute Gasteiger partial charge is 0.348 e. The summed E-state index contributed by atoms with van der Waals surface area (Å²) in [5, 5.41) is 2.70. The molecule has 120 valence electrons. The molecule has 3 atom stereocenters. The smallest absolute Gasteiger partial charge is 0.133 e. The Morgan fingerprint density at radius 3 is 2.25 bits per heavy atom. The molecule has 3 aromatic carbocycles. The Balaban J connectivity index is 1.73. The first-order chi connectivity index (χ1) is 11.8. The summed E-state index contributed by atoms with van der Waals surface area (Å²) in [5.41, 5.74) is 3.99. The van der Waals surface area contributed by atoms with E-state index < -0.39 is 0 Å². The van der Waals surface area contributed by atoms with Crippen molar-refractivity contribution in [1.29, 1.82) is 0 Å². The fourth-order valence-corrected chi connectivity index (χ4v) is 4.42. The Hall–Kier alpha value is -2.32. The van der Waals surface area contributed by atoms with E-state index in [9.17, 15) is 0 Å². The van der Waals surface area contributed by atoms with Crippen LogP contribution in [-0.4, -0.2) is 6.23 Å². The summed E-state index contributed by atoms with van der Waals surface area (Å²) in [6.45, 7) is 4.49. The molecule has 0 aromatic heterocycles. The van der Waals surface area contributed by atoms with Crippen LogP contribution in [0.25, 0.3) is 10.8 Å². The molecule has 0 spiro atoms. The average molecular weight is 315 g/mol. The van der Waals surface area contributed by atoms with E-state index in [1.54, 1.807) is 0 Å². The number of anilines is 1. The summed E-state index contributed by atoms with van der Waals surface area (Å²) in [4.78, 5) is 2.49. The summed E-state index contributed by atoms with van der Waals surface area (Å²) in [7, 11) is 0. The van der Waals surface area contributed by atoms with Gasteiger partial charge in [0.05, 0.1) is 6.04 Å². The minimum Gasteiger partial charge on any atom is -0.348 e. The first-order valence-electron chi connectivity index (χ1n) is 8.76. The van der Waals surface area contributed by atoms with Crippen LogP contribution in [0.4, 0.5) is 5.69 Å². The molecule has 0 unspecified atom stereocenters. The molecule has 1 aliphatic heterocycles. The summed E-state index contributed by atoms with van der Waals surface area (Å²) in [6.07, 6.45) is 0.227. The van der Waals surface area contributed by atoms with Crippen molar-refractivity contribution >= 4 is 16.5 Å². The number of benzene rings is 3. The topological polar surface area (TPSA) is 12.5 Å². The van der Waals surface area contributed by atoms with Gasteiger partial charge in [-0.05, 0) is 39.9 Å². The molecule has 2 aliphatic rings. The van der Waals surface area contributed by atoms with Gasteiger partial charge in [0.1, 0.15) is 12.3 Å². The lowest BCUT2D eigenvalue weighted by Crippen LogP contribution is -2.35. The van der Waals surface area contributed by atoms with Crippen LogP contribution in [0, 0.1) is 5.92 Å². The van der Waals surface area contributed by atoms with E-state index in [4.69, 9.17) is 4.74 Å². The molecule has 1 aliphatic carbocycles. The Labute approximate surface area is 142 Å². The van der Waals surface area contributed by atoms with Crippen molar-refractivity contribution in [1.82, 2.24) is 0 Å². The fraction of sp³-hybridized carbons (Fsp3) is 0.273. The maximum atomic E-state index is 6.61. The van der Waals surface area contributed by atoms with Crippen molar-refractivity contribution < 1.29 is 4.74 Å². The van der Waals surface area contributed by atoms with Crippen molar-refractivity contribution in [3.63, 3.8) is 0 Å². The number of nitrogens with zero attached hydrogens (tertiary/aromatic N) is 1. The quantitative estimate of drug-likeness (QED) is 0.623. The van der Waals surface area contributed by atoms with Crippen molar-refractivity contribution in [3.05, 3.63) is 77.9 Å². The van der Waals surface area contributed by atoms with E-state index in [2.05, 4.69) is 85.5 Å². The number of hydrogen-bond donors (Lipinski definition) is 0. The van der Waals surface area contributed by atoms with Gasteiger partial charge in [-0.25, -0.2) is 0 Å². The van der Waals surface area contributed by atoms with Crippen LogP contribution < -0.4 is 4.90 Å². The minimum atomic E-state index is 0.103. The normalized spacial score (nSPS) is 24.8. The first kappa shape index (κ1) is 14.1. The fourth-order valence-electron chi connectivity index (χ4n) is 4.42. The Bertz CT molecular complexity index is 897. The molecule has 1 saturated heterocycles. The number of para-hydroxylation sites is 1. The van der Waals surface area contributed by atoms with Crippen molar-refractivity contribution in [3.8, 4) is 0 Å². The zero-order chi connectivity index (χ0) is 16.3. The predicted molar refractivity (Wildman–Crippen MR) is 98.1 cm³/mol. The van der Waals surface area contributed by atoms with E-state index in [0.29, 0.717) is 5.92 Å². The summed E-state index contributed by atoms with van der Waals surface area (Å²) in [5.74, 6) is 0.433. The second-order valence-electron chi connectivity index (χ2n) is 7.17. The zero-order valence-corrected chi connectivity index (χ0v) is 14.0. The minimum absolute atomic E-state index is 0.103. The highest BCUT2D eigenvalue weighted by Crippen LogP contribution is 2.56. The first-order valence-corrected chi connectivity index (χ1v) is 8.76. The average Bonchev–Trinajstić information content (AvgIpc) is 3.14. The van der Waals surface area contributed by atoms with Crippen LogP contribution in [0.2, 0.25) is 0 Å². The number of rotatable bonds is 2. The summed E-state index contributed by atoms with van der Waals surface area (Å²) in [6, 6.07) is 24.2. The Kier molecular flexibility index (Phi) is 2.98. The second kappa shape index (κ2) is 5.09. The third-order valence-corrected chi connectivity index (χ3v) is 5.37. The van der Waals surface area contributed by atoms with E-state index in [1.165, 1.54) is 27.6 Å². The highest BCUT2D eigenvalue weighted by atomic mass is 16.5. The second-order valence-corrected chi connectivity index (χ2v) is 7.17. The van der Waals surface area contributed by atoms with Gasteiger partial charge < -0.3 is 9.64 Å². The maximum Gasteiger partial charge on any atom is 0.133 e. The van der Waals surface area contributed by atoms with Gasteiger partial charge >= 0.3 is 0 Å². The van der Waals surface area contributed by atoms with E-state index >= 15 is 0 Å². The molecule has 2 heteroatoms. The maximum absolute atomic E-state index is 6.61. The molecular formula is C22H21NO. The van der Waals surface area contributed by atoms with Crippen LogP contribution in [0.1, 0.15) is 37.1 Å². The van der Waals surface area contributed by atoms with Crippen LogP contribution >= 0.6 is 0 Å². The van der Waals surface area contributed by atoms with Gasteiger partial charge in [-0.1, -0.05) is 68.4 Å². The highest BCUT2D eigenvalue weighted by molar-refractivity contribution is 5.92. The number of ether oxygens (including phenoxy) is 1. The van der Waals surface area contributed by atoms with Gasteiger partial charge in [0, 0.05) is 5.69 Å². The Morgan fingerprint density at radius 1 is 0.833 bits per heavy atom. The molecule has 3 aromatic rings. The van der Waals surface area contributed by atoms with E-state index in [0.717, 1.165) is 0 Å². The summed E-state index contributed by atoms with van der Waals surface area (Å²) < 4.78 is 6.61. The third kappa shape index (κ3) is 1.81. The van der Waals surface area contributed by atoms with Crippen LogP contribution in [-0.2, 0) is 4.74 Å². The standard InChI is InChI=1S/C22H21NO/c1-14(2)22-23(16-10-4-3-5-11-16)20-17-12-6-8-15-9-7-13-18(19(15)17)21(20)24-22/h3-14,20-22H,1-2H3/t20-,21+,22+/m0/s1. The molecule has 0 saturated carbocycles. The summed E-state index contributed by atoms with van der Waals surface area (Å²) >= 11 is 0. The Morgan fingerprint density at radius 2 is 1.54 bits per heavy atom. The van der Waals surface area contributed by atoms with Crippen molar-refractivity contribution in [2.75, 3.05) is 4.90 Å². The lowest BCUT2D eigenvalue weighted by atomic mass is 10.0. The van der Waals surface area contributed by atoms with Gasteiger partial charge in [-0.2, -0.15) is 0 Å². The van der Waals surface area contributed by atoms with Crippen molar-refractivity contribution in [2.24, 2.45) is 5.92 Å².